The summed E-state index contributed by atoms with van der Waals surface area (Å²) in [6.45, 7) is 5.32. The second-order valence-electron chi connectivity index (χ2n) is 4.64. The van der Waals surface area contributed by atoms with Crippen molar-refractivity contribution in [1.29, 1.82) is 0 Å². The molecule has 1 aliphatic rings. The van der Waals surface area contributed by atoms with Crippen LogP contribution in [0.1, 0.15) is 30.6 Å². The van der Waals surface area contributed by atoms with Crippen LogP contribution >= 0.6 is 0 Å². The quantitative estimate of drug-likeness (QED) is 0.905. The van der Waals surface area contributed by atoms with Crippen molar-refractivity contribution in [3.05, 3.63) is 29.8 Å². The number of para-hydroxylation sites is 1. The van der Waals surface area contributed by atoms with Crippen LogP contribution in [0.3, 0.4) is 0 Å². The number of nitrogens with one attached hydrogen (secondary N) is 1. The van der Waals surface area contributed by atoms with Gasteiger partial charge in [-0.1, -0.05) is 19.1 Å². The van der Waals surface area contributed by atoms with Gasteiger partial charge in [0.1, 0.15) is 11.8 Å². The number of ether oxygens (including phenoxy) is 1. The fraction of sp³-hybridized carbons (Fsp3) is 0.467. The van der Waals surface area contributed by atoms with Gasteiger partial charge in [-0.3, -0.25) is 9.59 Å². The number of rotatable bonds is 4. The van der Waals surface area contributed by atoms with Crippen LogP contribution in [-0.4, -0.2) is 42.5 Å². The second kappa shape index (κ2) is 6.41. The summed E-state index contributed by atoms with van der Waals surface area (Å²) in [6.07, 6.45) is 0.606. The molecule has 2 rings (SSSR count). The average molecular weight is 276 g/mol. The lowest BCUT2D eigenvalue weighted by atomic mass is 10.1. The zero-order valence-corrected chi connectivity index (χ0v) is 11.9. The van der Waals surface area contributed by atoms with Gasteiger partial charge >= 0.3 is 0 Å². The van der Waals surface area contributed by atoms with E-state index in [2.05, 4.69) is 5.32 Å². The van der Waals surface area contributed by atoms with Crippen molar-refractivity contribution >= 4 is 11.8 Å². The van der Waals surface area contributed by atoms with E-state index in [0.717, 1.165) is 0 Å². The Morgan fingerprint density at radius 1 is 1.40 bits per heavy atom. The van der Waals surface area contributed by atoms with E-state index in [4.69, 9.17) is 4.74 Å². The molecule has 2 amide bonds. The van der Waals surface area contributed by atoms with Crippen molar-refractivity contribution < 1.29 is 14.3 Å². The summed E-state index contributed by atoms with van der Waals surface area (Å²) < 4.78 is 5.50. The Morgan fingerprint density at radius 2 is 2.15 bits per heavy atom. The van der Waals surface area contributed by atoms with Crippen molar-refractivity contribution in [3.63, 3.8) is 0 Å². The molecule has 1 unspecified atom stereocenters. The number of hydrogen-bond acceptors (Lipinski definition) is 3. The van der Waals surface area contributed by atoms with Crippen LogP contribution in [0.5, 0.6) is 5.75 Å². The van der Waals surface area contributed by atoms with Crippen molar-refractivity contribution in [1.82, 2.24) is 10.2 Å². The maximum atomic E-state index is 12.7. The Kier molecular flexibility index (Phi) is 4.61. The van der Waals surface area contributed by atoms with Crippen LogP contribution < -0.4 is 10.1 Å². The highest BCUT2D eigenvalue weighted by Crippen LogP contribution is 2.22. The third kappa shape index (κ3) is 2.76. The first-order valence-corrected chi connectivity index (χ1v) is 6.99. The van der Waals surface area contributed by atoms with Gasteiger partial charge in [-0.2, -0.15) is 0 Å². The van der Waals surface area contributed by atoms with Crippen molar-refractivity contribution in [2.75, 3.05) is 19.7 Å². The van der Waals surface area contributed by atoms with Gasteiger partial charge in [0, 0.05) is 13.1 Å². The number of nitrogens with zero attached hydrogens (tertiary/aromatic N) is 1. The van der Waals surface area contributed by atoms with Gasteiger partial charge in [0.25, 0.3) is 5.91 Å². The Bertz CT molecular complexity index is 502. The van der Waals surface area contributed by atoms with Gasteiger partial charge in [-0.25, -0.2) is 0 Å². The standard InChI is InChI=1S/C15H20N2O3/c1-3-12-14(18)16-9-10-17(12)15(19)11-7-5-6-8-13(11)20-4-2/h5-8,12H,3-4,9-10H2,1-2H3,(H,16,18). The van der Waals surface area contributed by atoms with Crippen LogP contribution in [0.25, 0.3) is 0 Å². The fourth-order valence-electron chi connectivity index (χ4n) is 2.44. The molecule has 1 heterocycles. The zero-order valence-electron chi connectivity index (χ0n) is 11.9. The summed E-state index contributed by atoms with van der Waals surface area (Å²) in [5.41, 5.74) is 0.516. The molecule has 1 aliphatic heterocycles. The number of piperazine rings is 1. The topological polar surface area (TPSA) is 58.6 Å². The summed E-state index contributed by atoms with van der Waals surface area (Å²) in [5, 5.41) is 2.80. The highest BCUT2D eigenvalue weighted by Gasteiger charge is 2.33. The minimum Gasteiger partial charge on any atom is -0.493 e. The summed E-state index contributed by atoms with van der Waals surface area (Å²) in [5.74, 6) is 0.345. The van der Waals surface area contributed by atoms with Gasteiger partial charge in [0.15, 0.2) is 0 Å². The number of amides is 2. The molecule has 1 saturated heterocycles. The zero-order chi connectivity index (χ0) is 14.5. The predicted molar refractivity (Wildman–Crippen MR) is 75.7 cm³/mol. The van der Waals surface area contributed by atoms with Crippen molar-refractivity contribution in [2.45, 2.75) is 26.3 Å². The molecule has 0 aliphatic carbocycles. The van der Waals surface area contributed by atoms with Crippen LogP contribution in [-0.2, 0) is 4.79 Å². The maximum absolute atomic E-state index is 12.7. The van der Waals surface area contributed by atoms with Gasteiger partial charge in [-0.15, -0.1) is 0 Å². The van der Waals surface area contributed by atoms with Gasteiger partial charge < -0.3 is 15.0 Å². The molecule has 1 atom stereocenters. The minimum absolute atomic E-state index is 0.0824. The summed E-state index contributed by atoms with van der Waals surface area (Å²) >= 11 is 0. The smallest absolute Gasteiger partial charge is 0.258 e. The number of carbonyl (C=O) groups excluding carboxylic acids is 2. The molecule has 0 saturated carbocycles. The molecule has 1 aromatic carbocycles. The molecular weight excluding hydrogens is 256 g/mol. The number of benzene rings is 1. The first kappa shape index (κ1) is 14.4. The second-order valence-corrected chi connectivity index (χ2v) is 4.64. The fourth-order valence-corrected chi connectivity index (χ4v) is 2.44. The largest absolute Gasteiger partial charge is 0.493 e. The molecule has 108 valence electrons. The normalized spacial score (nSPS) is 18.6. The van der Waals surface area contributed by atoms with E-state index >= 15 is 0 Å². The Morgan fingerprint density at radius 3 is 2.85 bits per heavy atom. The molecule has 0 spiro atoms. The van der Waals surface area contributed by atoms with Gasteiger partial charge in [0.2, 0.25) is 5.91 Å². The summed E-state index contributed by atoms with van der Waals surface area (Å²) in [4.78, 5) is 26.2. The molecule has 1 N–H and O–H groups in total. The van der Waals surface area contributed by atoms with E-state index in [1.54, 1.807) is 23.1 Å². The van der Waals surface area contributed by atoms with Gasteiger partial charge in [-0.05, 0) is 25.5 Å². The highest BCUT2D eigenvalue weighted by atomic mass is 16.5. The molecule has 0 aromatic heterocycles. The lowest BCUT2D eigenvalue weighted by Gasteiger charge is -2.34. The summed E-state index contributed by atoms with van der Waals surface area (Å²) in [7, 11) is 0. The molecule has 5 heteroatoms. The highest BCUT2D eigenvalue weighted by molar-refractivity contribution is 6.00. The third-order valence-corrected chi connectivity index (χ3v) is 3.40. The molecule has 0 bridgehead atoms. The molecule has 5 nitrogen and oxygen atoms in total. The van der Waals surface area contributed by atoms with Gasteiger partial charge in [0.05, 0.1) is 12.2 Å². The van der Waals surface area contributed by atoms with Crippen LogP contribution in [0, 0.1) is 0 Å². The molecule has 0 radical (unpaired) electrons. The number of carbonyl (C=O) groups is 2. The Balaban J connectivity index is 2.28. The molecular formula is C15H20N2O3. The first-order chi connectivity index (χ1) is 9.69. The minimum atomic E-state index is -0.397. The van der Waals surface area contributed by atoms with E-state index in [-0.39, 0.29) is 11.8 Å². The predicted octanol–water partition coefficient (Wildman–Crippen LogP) is 1.44. The van der Waals surface area contributed by atoms with E-state index in [9.17, 15) is 9.59 Å². The maximum Gasteiger partial charge on any atom is 0.258 e. The van der Waals surface area contributed by atoms with E-state index in [0.29, 0.717) is 37.4 Å². The molecule has 1 aromatic rings. The van der Waals surface area contributed by atoms with E-state index in [1.807, 2.05) is 19.9 Å². The lowest BCUT2D eigenvalue weighted by Crippen LogP contribution is -2.56. The van der Waals surface area contributed by atoms with Crippen LogP contribution in [0.2, 0.25) is 0 Å². The lowest BCUT2D eigenvalue weighted by molar-refractivity contribution is -0.127. The monoisotopic (exact) mass is 276 g/mol. The number of hydrogen-bond donors (Lipinski definition) is 1. The Labute approximate surface area is 118 Å². The van der Waals surface area contributed by atoms with Crippen molar-refractivity contribution in [3.8, 4) is 5.75 Å². The molecule has 1 fully saturated rings. The average Bonchev–Trinajstić information content (AvgIpc) is 2.47. The SMILES string of the molecule is CCOc1ccccc1C(=O)N1CCNC(=O)C1CC. The molecule has 20 heavy (non-hydrogen) atoms. The van der Waals surface area contributed by atoms with Crippen LogP contribution in [0.15, 0.2) is 24.3 Å². The van der Waals surface area contributed by atoms with Crippen molar-refractivity contribution in [2.24, 2.45) is 0 Å². The van der Waals surface area contributed by atoms with E-state index in [1.165, 1.54) is 0 Å². The summed E-state index contributed by atoms with van der Waals surface area (Å²) in [6, 6.07) is 6.77. The van der Waals surface area contributed by atoms with E-state index < -0.39 is 6.04 Å². The first-order valence-electron chi connectivity index (χ1n) is 6.99. The third-order valence-electron chi connectivity index (χ3n) is 3.40. The Hall–Kier alpha value is -2.04. The van der Waals surface area contributed by atoms with Crippen LogP contribution in [0.4, 0.5) is 0 Å².